The summed E-state index contributed by atoms with van der Waals surface area (Å²) in [7, 11) is 4.05. The number of phenolic OH excluding ortho intramolecular Hbond substituents is 2. The van der Waals surface area contributed by atoms with Crippen molar-refractivity contribution in [2.45, 2.75) is 163 Å². The first-order valence-electron chi connectivity index (χ1n) is 35.2. The number of rotatable bonds is 21. The average molecular weight is 1610 g/mol. The summed E-state index contributed by atoms with van der Waals surface area (Å²) in [5.41, 5.74) is 29.8. The molecule has 2 fully saturated rings. The lowest BCUT2D eigenvalue weighted by molar-refractivity contribution is -0.140. The van der Waals surface area contributed by atoms with Gasteiger partial charge in [0.2, 0.25) is 94.5 Å². The maximum atomic E-state index is 14.7. The van der Waals surface area contributed by atoms with Gasteiger partial charge in [-0.15, -0.1) is 0 Å². The van der Waals surface area contributed by atoms with Crippen LogP contribution in [0.5, 0.6) is 11.5 Å². The number of primary amides is 5. The van der Waals surface area contributed by atoms with Crippen LogP contribution >= 0.6 is 43.2 Å². The Balaban J connectivity index is 1.37. The van der Waals surface area contributed by atoms with E-state index in [4.69, 9.17) is 28.7 Å². The summed E-state index contributed by atoms with van der Waals surface area (Å²) < 4.78 is 0. The van der Waals surface area contributed by atoms with Gasteiger partial charge < -0.3 is 96.9 Å². The van der Waals surface area contributed by atoms with Crippen molar-refractivity contribution < 1.29 is 91.7 Å². The van der Waals surface area contributed by atoms with Crippen LogP contribution in [-0.4, -0.2) is 211 Å². The third-order valence-electron chi connectivity index (χ3n) is 17.3. The van der Waals surface area contributed by atoms with Crippen molar-refractivity contribution in [2.24, 2.45) is 28.7 Å². The van der Waals surface area contributed by atoms with Gasteiger partial charge in [0.15, 0.2) is 5.78 Å². The molecule has 2 aliphatic heterocycles. The normalized spacial score (nSPS) is 23.5. The van der Waals surface area contributed by atoms with E-state index in [0.29, 0.717) is 28.7 Å². The summed E-state index contributed by atoms with van der Waals surface area (Å²) >= 11 is 0. The summed E-state index contributed by atoms with van der Waals surface area (Å²) in [6.45, 7) is 1.17. The van der Waals surface area contributed by atoms with Gasteiger partial charge in [-0.3, -0.25) is 81.5 Å². The Morgan fingerprint density at radius 3 is 1.08 bits per heavy atom. The number of aromatic hydroxyl groups is 2. The van der Waals surface area contributed by atoms with Crippen LogP contribution in [0.25, 0.3) is 0 Å². The number of nitrogens with zero attached hydrogens (tertiary/aromatic N) is 1. The second-order valence-electron chi connectivity index (χ2n) is 26.1. The van der Waals surface area contributed by atoms with Crippen molar-refractivity contribution in [3.8, 4) is 11.5 Å². The van der Waals surface area contributed by atoms with Gasteiger partial charge in [0.1, 0.15) is 71.9 Å². The molecule has 35 nitrogen and oxygen atoms in total. The number of benzene rings is 4. The van der Waals surface area contributed by atoms with Crippen LogP contribution in [0.3, 0.4) is 0 Å². The molecule has 111 heavy (non-hydrogen) atoms. The molecule has 0 spiro atoms. The van der Waals surface area contributed by atoms with E-state index in [2.05, 4.69) is 53.2 Å². The molecule has 2 saturated heterocycles. The second kappa shape index (κ2) is 45.3. The molecule has 16 amide bonds. The summed E-state index contributed by atoms with van der Waals surface area (Å²) in [6, 6.07) is 10.5. The van der Waals surface area contributed by atoms with E-state index < -0.39 is 205 Å². The fourth-order valence-electron chi connectivity index (χ4n) is 11.5. The molecule has 2 unspecified atom stereocenters. The summed E-state index contributed by atoms with van der Waals surface area (Å²) in [5, 5.41) is 45.7. The predicted molar refractivity (Wildman–Crippen MR) is 411 cm³/mol. The van der Waals surface area contributed by atoms with E-state index in [1.165, 1.54) is 48.5 Å². The zero-order chi connectivity index (χ0) is 81.3. The Hall–Kier alpha value is -10.9. The molecule has 2 aliphatic rings. The maximum Gasteiger partial charge on any atom is 0.246 e. The lowest BCUT2D eigenvalue weighted by atomic mass is 10.0. The number of ketones is 1. The number of phenols is 2. The third kappa shape index (κ3) is 31.2. The van der Waals surface area contributed by atoms with Crippen molar-refractivity contribution in [3.63, 3.8) is 0 Å². The van der Waals surface area contributed by atoms with E-state index in [1.807, 2.05) is 0 Å². The van der Waals surface area contributed by atoms with Crippen LogP contribution in [0, 0.1) is 0 Å². The minimum absolute atomic E-state index is 0.0108. The van der Waals surface area contributed by atoms with Gasteiger partial charge in [-0.05, 0) is 79.1 Å². The Morgan fingerprint density at radius 2 is 0.721 bits per heavy atom. The highest BCUT2D eigenvalue weighted by Crippen LogP contribution is 2.27. The molecular weight excluding hydrogens is 1520 g/mol. The molecule has 0 radical (unpaired) electrons. The van der Waals surface area contributed by atoms with Crippen LogP contribution in [0.2, 0.25) is 0 Å². The van der Waals surface area contributed by atoms with E-state index in [0.717, 1.165) is 55.0 Å². The highest BCUT2D eigenvalue weighted by Gasteiger charge is 2.40. The molecule has 2 heterocycles. The van der Waals surface area contributed by atoms with Crippen LogP contribution in [-0.2, 0) is 107 Å². The van der Waals surface area contributed by atoms with Gasteiger partial charge in [0, 0.05) is 80.9 Å². The summed E-state index contributed by atoms with van der Waals surface area (Å²) in [5.74, 6) is -17.0. The second-order valence-corrected chi connectivity index (χ2v) is 31.4. The molecular formula is C72H92N16O19S4. The first kappa shape index (κ1) is 89.0. The number of hydrogen-bond acceptors (Lipinski definition) is 23. The monoisotopic (exact) mass is 1610 g/mol. The first-order chi connectivity index (χ1) is 52.8. The largest absolute Gasteiger partial charge is 0.508 e. The van der Waals surface area contributed by atoms with E-state index in [-0.39, 0.29) is 86.0 Å². The van der Waals surface area contributed by atoms with Gasteiger partial charge in [0.05, 0.1) is 18.9 Å². The third-order valence-corrected chi connectivity index (χ3v) is 22.2. The Morgan fingerprint density at radius 1 is 0.396 bits per heavy atom. The number of Topliss-reactive ketones (excluding diaryl/α,β-unsaturated/α-hetero) is 1. The van der Waals surface area contributed by atoms with Gasteiger partial charge in [-0.1, -0.05) is 128 Å². The lowest BCUT2D eigenvalue weighted by Gasteiger charge is -2.29. The Kier molecular flexibility index (Phi) is 36.3. The lowest BCUT2D eigenvalue weighted by Crippen LogP contribution is -2.60. The topological polar surface area (TPSA) is 584 Å². The molecule has 0 bridgehead atoms. The van der Waals surface area contributed by atoms with Crippen LogP contribution in [0.4, 0.5) is 0 Å². The standard InChI is InChI=1S/C72H92N16O19S4/c1-39(89)54-37-110-108-29-26-61(96)78-48(33-42-14-18-44(90)19-15-42)66(101)83-51(32-41-11-6-3-7-12-41)69(104)81-47(23-25-58(74)93)65(100)85-53(36-60(76)95)71(106)87-55(72(107)88-28-8-13-56(88)63(77)98)38-111-109-30-27-62(97)79-49(34-43-16-20-45(91)21-17-43)67(102)82-50(31-40-9-4-2-5-10-40)68(103)80-46(22-24-57(73)92)64(99)84-52(35-59(75)94)70(105)86-54/h2-7,9-12,14-21,46-56,90-91H,8,13,22-38H2,1H3,(H2,73,92)(H2,74,93)(H2,75,94)(H2,76,95)(H2,77,98)(H,78,96)(H,79,97)(H,80,103)(H,81,104)(H,82,102)(H,83,101)(H,84,99)(H,85,100)(H,86,105)(H,87,106)/t46-,47-,48-,49-,50-,51-,52-,53?,54-,55-,56?/m0/s1. The molecule has 11 atom stereocenters. The van der Waals surface area contributed by atoms with Crippen molar-refractivity contribution in [1.29, 1.82) is 0 Å². The van der Waals surface area contributed by atoms with Gasteiger partial charge in [0.25, 0.3) is 0 Å². The summed E-state index contributed by atoms with van der Waals surface area (Å²) in [4.78, 5) is 236. The molecule has 0 aromatic heterocycles. The molecule has 39 heteroatoms. The first-order valence-corrected chi connectivity index (χ1v) is 40.2. The molecule has 4 aromatic rings. The molecule has 598 valence electrons. The van der Waals surface area contributed by atoms with Crippen LogP contribution < -0.4 is 81.8 Å². The van der Waals surface area contributed by atoms with Gasteiger partial charge in [-0.25, -0.2) is 0 Å². The zero-order valence-electron chi connectivity index (χ0n) is 60.5. The summed E-state index contributed by atoms with van der Waals surface area (Å²) in [6.07, 6.45) is -4.94. The van der Waals surface area contributed by atoms with Gasteiger partial charge in [-0.2, -0.15) is 0 Å². The van der Waals surface area contributed by atoms with Crippen molar-refractivity contribution in [3.05, 3.63) is 131 Å². The highest BCUT2D eigenvalue weighted by molar-refractivity contribution is 8.77. The quantitative estimate of drug-likeness (QED) is 0.0373. The minimum atomic E-state index is -1.91. The number of nitrogens with two attached hydrogens (primary N) is 5. The smallest absolute Gasteiger partial charge is 0.246 e. The van der Waals surface area contributed by atoms with Crippen LogP contribution in [0.1, 0.15) is 93.4 Å². The number of nitrogens with one attached hydrogen (secondary N) is 10. The average Bonchev–Trinajstić information content (AvgIpc) is 1.72. The minimum Gasteiger partial charge on any atom is -0.508 e. The van der Waals surface area contributed by atoms with Gasteiger partial charge >= 0.3 is 0 Å². The predicted octanol–water partition coefficient (Wildman–Crippen LogP) is -2.88. The van der Waals surface area contributed by atoms with Crippen molar-refractivity contribution in [1.82, 2.24) is 58.1 Å². The van der Waals surface area contributed by atoms with Crippen molar-refractivity contribution in [2.75, 3.05) is 29.6 Å². The zero-order valence-corrected chi connectivity index (χ0v) is 63.7. The molecule has 6 rings (SSSR count). The number of carbonyl (C=O) groups is 17. The Labute approximate surface area is 654 Å². The molecule has 22 N–H and O–H groups in total. The number of likely N-dealkylation sites (tertiary alicyclic amines) is 1. The molecule has 0 saturated carbocycles. The Bertz CT molecular complexity index is 3990. The van der Waals surface area contributed by atoms with E-state index >= 15 is 0 Å². The maximum absolute atomic E-state index is 14.7. The van der Waals surface area contributed by atoms with E-state index in [1.54, 1.807) is 60.7 Å². The SMILES string of the molecule is CC(=O)[C@@H]1CSSCCC(=O)N[C@@H](Cc2ccc(O)cc2)C(=O)N[C@@H](Cc2ccccc2)C(=O)N[C@@H](CCC(N)=O)C(=O)NC(CC(N)=O)C(=O)N[C@H](C(=O)N2CCCC2C(N)=O)CSSCCC(=O)N[C@@H](Cc2ccc(O)cc2)C(=O)N[C@@H](Cc2ccccc2)C(=O)N[C@@H](CCC(N)=O)C(=O)N[C@@H](CC(N)=O)C(=O)N1. The van der Waals surface area contributed by atoms with Crippen molar-refractivity contribution >= 4 is 143 Å². The highest BCUT2D eigenvalue weighted by atomic mass is 33.1. The fourth-order valence-corrected chi connectivity index (χ4v) is 15.9. The van der Waals surface area contributed by atoms with E-state index in [9.17, 15) is 91.7 Å². The number of amides is 16. The molecule has 4 aromatic carbocycles. The number of carbonyl (C=O) groups excluding carboxylic acids is 17. The van der Waals surface area contributed by atoms with Crippen LogP contribution in [0.15, 0.2) is 109 Å². The number of hydrogen-bond donors (Lipinski definition) is 17. The fraction of sp³-hybridized carbons (Fsp3) is 0.431. The molecule has 0 aliphatic carbocycles.